The van der Waals surface area contributed by atoms with Crippen molar-refractivity contribution in [1.29, 1.82) is 0 Å². The molecule has 1 saturated carbocycles. The van der Waals surface area contributed by atoms with Crippen LogP contribution in [0.5, 0.6) is 5.75 Å². The molecule has 19 heavy (non-hydrogen) atoms. The van der Waals surface area contributed by atoms with Crippen LogP contribution in [0.2, 0.25) is 0 Å². The predicted molar refractivity (Wildman–Crippen MR) is 80.7 cm³/mol. The number of nitrogens with one attached hydrogen (secondary N) is 1. The van der Waals surface area contributed by atoms with Gasteiger partial charge >= 0.3 is 0 Å². The summed E-state index contributed by atoms with van der Waals surface area (Å²) in [5.74, 6) is 2.66. The summed E-state index contributed by atoms with van der Waals surface area (Å²) in [6.45, 7) is 4.47. The van der Waals surface area contributed by atoms with Gasteiger partial charge in [-0.2, -0.15) is 0 Å². The average molecular weight is 261 g/mol. The summed E-state index contributed by atoms with van der Waals surface area (Å²) in [7, 11) is 1.74. The van der Waals surface area contributed by atoms with E-state index in [-0.39, 0.29) is 0 Å². The number of rotatable bonds is 6. The smallest absolute Gasteiger partial charge is 0.119 e. The maximum Gasteiger partial charge on any atom is 0.119 e. The molecule has 0 aliphatic heterocycles. The van der Waals surface area contributed by atoms with E-state index in [2.05, 4.69) is 30.4 Å². The lowest BCUT2D eigenvalue weighted by atomic mass is 9.76. The highest BCUT2D eigenvalue weighted by atomic mass is 16.5. The highest BCUT2D eigenvalue weighted by Gasteiger charge is 2.24. The number of hydrogen-bond acceptors (Lipinski definition) is 2. The summed E-state index contributed by atoms with van der Waals surface area (Å²) < 4.78 is 5.32. The van der Waals surface area contributed by atoms with Crippen LogP contribution in [0.1, 0.15) is 38.2 Å². The molecule has 2 heteroatoms. The van der Waals surface area contributed by atoms with E-state index in [0.717, 1.165) is 24.1 Å². The van der Waals surface area contributed by atoms with E-state index < -0.39 is 0 Å². The second-order valence-corrected chi connectivity index (χ2v) is 5.67. The Morgan fingerprint density at radius 3 is 2.74 bits per heavy atom. The van der Waals surface area contributed by atoms with Crippen LogP contribution in [0.3, 0.4) is 0 Å². The Labute approximate surface area is 117 Å². The molecule has 0 heterocycles. The van der Waals surface area contributed by atoms with Crippen LogP contribution < -0.4 is 10.1 Å². The molecule has 0 aromatic heterocycles. The van der Waals surface area contributed by atoms with Crippen LogP contribution in [0.15, 0.2) is 24.3 Å². The summed E-state index contributed by atoms with van der Waals surface area (Å²) in [6.07, 6.45) is 6.78. The first-order valence-electron chi connectivity index (χ1n) is 7.67. The molecule has 2 unspecified atom stereocenters. The van der Waals surface area contributed by atoms with Crippen LogP contribution in [-0.2, 0) is 6.42 Å². The summed E-state index contributed by atoms with van der Waals surface area (Å²) in [5.41, 5.74) is 1.42. The quantitative estimate of drug-likeness (QED) is 0.844. The molecule has 1 aromatic rings. The van der Waals surface area contributed by atoms with Crippen molar-refractivity contribution < 1.29 is 4.74 Å². The molecule has 0 amide bonds. The molecular formula is C17H27NO. The lowest BCUT2D eigenvalue weighted by molar-refractivity contribution is 0.229. The van der Waals surface area contributed by atoms with Gasteiger partial charge in [0.25, 0.3) is 0 Å². The average Bonchev–Trinajstić information content (AvgIpc) is 2.46. The monoisotopic (exact) mass is 261 g/mol. The zero-order valence-corrected chi connectivity index (χ0v) is 12.3. The number of methoxy groups -OCH3 is 1. The van der Waals surface area contributed by atoms with Crippen LogP contribution in [-0.4, -0.2) is 20.2 Å². The highest BCUT2D eigenvalue weighted by Crippen LogP contribution is 2.32. The predicted octanol–water partition coefficient (Wildman–Crippen LogP) is 3.65. The first-order valence-corrected chi connectivity index (χ1v) is 7.67. The molecule has 1 fully saturated rings. The minimum absolute atomic E-state index is 0.833. The van der Waals surface area contributed by atoms with Crippen LogP contribution in [0, 0.1) is 11.8 Å². The van der Waals surface area contributed by atoms with Gasteiger partial charge in [-0.15, -0.1) is 0 Å². The molecule has 1 aliphatic carbocycles. The third-order valence-electron chi connectivity index (χ3n) is 4.36. The zero-order valence-electron chi connectivity index (χ0n) is 12.3. The lowest BCUT2D eigenvalue weighted by Crippen LogP contribution is -2.31. The molecular weight excluding hydrogens is 234 g/mol. The molecule has 1 aromatic carbocycles. The Morgan fingerprint density at radius 2 is 2.00 bits per heavy atom. The summed E-state index contributed by atoms with van der Waals surface area (Å²) in [5, 5.41) is 3.53. The minimum Gasteiger partial charge on any atom is -0.497 e. The maximum atomic E-state index is 5.32. The first kappa shape index (κ1) is 14.4. The van der Waals surface area contributed by atoms with E-state index in [1.54, 1.807) is 7.11 Å². The van der Waals surface area contributed by atoms with Crippen LogP contribution >= 0.6 is 0 Å². The largest absolute Gasteiger partial charge is 0.497 e. The van der Waals surface area contributed by atoms with Gasteiger partial charge in [0.2, 0.25) is 0 Å². The molecule has 106 valence electrons. The minimum atomic E-state index is 0.833. The van der Waals surface area contributed by atoms with Crippen molar-refractivity contribution in [2.45, 2.75) is 39.0 Å². The molecule has 1 N–H and O–H groups in total. The summed E-state index contributed by atoms with van der Waals surface area (Å²) in [4.78, 5) is 0. The summed E-state index contributed by atoms with van der Waals surface area (Å²) >= 11 is 0. The van der Waals surface area contributed by atoms with Crippen molar-refractivity contribution in [3.8, 4) is 5.75 Å². The van der Waals surface area contributed by atoms with Crippen molar-refractivity contribution in [1.82, 2.24) is 5.32 Å². The molecule has 0 saturated heterocycles. The Balaban J connectivity index is 1.97. The van der Waals surface area contributed by atoms with Gasteiger partial charge in [-0.3, -0.25) is 0 Å². The zero-order chi connectivity index (χ0) is 13.5. The van der Waals surface area contributed by atoms with Gasteiger partial charge in [-0.25, -0.2) is 0 Å². The number of ether oxygens (including phenoxy) is 1. The van der Waals surface area contributed by atoms with Gasteiger partial charge in [0, 0.05) is 0 Å². The molecule has 0 bridgehead atoms. The van der Waals surface area contributed by atoms with E-state index in [1.165, 1.54) is 44.2 Å². The van der Waals surface area contributed by atoms with E-state index in [9.17, 15) is 0 Å². The lowest BCUT2D eigenvalue weighted by Gasteiger charge is -2.32. The molecule has 0 spiro atoms. The summed E-state index contributed by atoms with van der Waals surface area (Å²) in [6, 6.07) is 8.57. The Hall–Kier alpha value is -1.02. The number of benzene rings is 1. The molecule has 1 aliphatic rings. The second-order valence-electron chi connectivity index (χ2n) is 5.67. The third-order valence-corrected chi connectivity index (χ3v) is 4.36. The normalized spacial score (nSPS) is 23.3. The van der Waals surface area contributed by atoms with E-state index in [0.29, 0.717) is 0 Å². The Morgan fingerprint density at radius 1 is 1.21 bits per heavy atom. The Bertz CT molecular complexity index is 377. The van der Waals surface area contributed by atoms with Gasteiger partial charge < -0.3 is 10.1 Å². The second kappa shape index (κ2) is 7.54. The molecule has 2 atom stereocenters. The van der Waals surface area contributed by atoms with Crippen LogP contribution in [0.25, 0.3) is 0 Å². The van der Waals surface area contributed by atoms with Crippen molar-refractivity contribution in [3.05, 3.63) is 29.8 Å². The fourth-order valence-corrected chi connectivity index (χ4v) is 3.25. The van der Waals surface area contributed by atoms with Crippen molar-refractivity contribution in [2.75, 3.05) is 20.2 Å². The third kappa shape index (κ3) is 4.24. The van der Waals surface area contributed by atoms with Gasteiger partial charge in [-0.1, -0.05) is 31.9 Å². The fourth-order valence-electron chi connectivity index (χ4n) is 3.25. The topological polar surface area (TPSA) is 21.3 Å². The highest BCUT2D eigenvalue weighted by molar-refractivity contribution is 5.28. The van der Waals surface area contributed by atoms with E-state index >= 15 is 0 Å². The van der Waals surface area contributed by atoms with Crippen LogP contribution in [0.4, 0.5) is 0 Å². The standard InChI is InChI=1S/C17H27NO/c1-3-18-13-16-9-5-4-8-15(16)11-14-7-6-10-17(12-14)19-2/h6-7,10,12,15-16,18H,3-5,8-9,11,13H2,1-2H3. The van der Waals surface area contributed by atoms with Gasteiger partial charge in [0.1, 0.15) is 5.75 Å². The number of hydrogen-bond donors (Lipinski definition) is 1. The molecule has 0 radical (unpaired) electrons. The molecule has 2 rings (SSSR count). The van der Waals surface area contributed by atoms with Crippen molar-refractivity contribution in [2.24, 2.45) is 11.8 Å². The maximum absolute atomic E-state index is 5.32. The van der Waals surface area contributed by atoms with Crippen molar-refractivity contribution >= 4 is 0 Å². The fraction of sp³-hybridized carbons (Fsp3) is 0.647. The van der Waals surface area contributed by atoms with Gasteiger partial charge in [0.05, 0.1) is 7.11 Å². The van der Waals surface area contributed by atoms with Gasteiger partial charge in [-0.05, 0) is 61.9 Å². The SMILES string of the molecule is CCNCC1CCCCC1Cc1cccc(OC)c1. The van der Waals surface area contributed by atoms with E-state index in [4.69, 9.17) is 4.74 Å². The van der Waals surface area contributed by atoms with Gasteiger partial charge in [0.15, 0.2) is 0 Å². The first-order chi connectivity index (χ1) is 9.33. The Kier molecular flexibility index (Phi) is 5.71. The molecule has 2 nitrogen and oxygen atoms in total. The van der Waals surface area contributed by atoms with E-state index in [1.807, 2.05) is 6.07 Å². The van der Waals surface area contributed by atoms with Crippen molar-refractivity contribution in [3.63, 3.8) is 0 Å².